The number of hydrazone groups is 1. The molecule has 0 saturated heterocycles. The molecule has 0 saturated carbocycles. The molecule has 25 heavy (non-hydrogen) atoms. The van der Waals surface area contributed by atoms with Crippen molar-refractivity contribution in [2.24, 2.45) is 5.10 Å². The van der Waals surface area contributed by atoms with Crippen LogP contribution in [0.1, 0.15) is 17.5 Å². The summed E-state index contributed by atoms with van der Waals surface area (Å²) in [6, 6.07) is 14.9. The third-order valence-corrected chi connectivity index (χ3v) is 3.08. The Balaban J connectivity index is 1.85. The second kappa shape index (κ2) is 8.79. The molecule has 0 spiro atoms. The van der Waals surface area contributed by atoms with Gasteiger partial charge in [-0.3, -0.25) is 14.9 Å². The topological polar surface area (TPSA) is 118 Å². The van der Waals surface area contributed by atoms with E-state index in [0.29, 0.717) is 5.75 Å². The Hall–Kier alpha value is -3.73. The molecule has 0 heterocycles. The molecule has 0 unspecified atom stereocenters. The lowest BCUT2D eigenvalue weighted by Crippen LogP contribution is -2.16. The zero-order valence-corrected chi connectivity index (χ0v) is 13.1. The van der Waals surface area contributed by atoms with Crippen LogP contribution < -0.4 is 10.2 Å². The Morgan fingerprint density at radius 3 is 2.52 bits per heavy atom. The van der Waals surface area contributed by atoms with Gasteiger partial charge >= 0.3 is 0 Å². The molecule has 0 aromatic heterocycles. The minimum absolute atomic E-state index is 0.0363. The summed E-state index contributed by atoms with van der Waals surface area (Å²) in [6.07, 6.45) is 1.21. The van der Waals surface area contributed by atoms with Gasteiger partial charge < -0.3 is 4.74 Å². The third kappa shape index (κ3) is 5.76. The van der Waals surface area contributed by atoms with E-state index in [1.807, 2.05) is 0 Å². The SMILES string of the molecule is N#CCC(=O)NN=Cc1ccc(OCc2ccc([N+](=O)[O-])cc2)cc1. The zero-order valence-electron chi connectivity index (χ0n) is 13.1. The second-order valence-corrected chi connectivity index (χ2v) is 4.91. The minimum atomic E-state index is -0.471. The fourth-order valence-electron chi connectivity index (χ4n) is 1.82. The number of nitro groups is 1. The third-order valence-electron chi connectivity index (χ3n) is 3.08. The number of benzene rings is 2. The lowest BCUT2D eigenvalue weighted by Gasteiger charge is -2.06. The Kier molecular flexibility index (Phi) is 6.19. The molecule has 8 heteroatoms. The van der Waals surface area contributed by atoms with Gasteiger partial charge in [-0.15, -0.1) is 0 Å². The highest BCUT2D eigenvalue weighted by atomic mass is 16.6. The summed E-state index contributed by atoms with van der Waals surface area (Å²) in [5.74, 6) is 0.158. The monoisotopic (exact) mass is 338 g/mol. The average Bonchev–Trinajstić information content (AvgIpc) is 2.61. The maximum absolute atomic E-state index is 11.1. The first-order chi connectivity index (χ1) is 12.1. The van der Waals surface area contributed by atoms with Crippen LogP contribution in [-0.2, 0) is 11.4 Å². The van der Waals surface area contributed by atoms with Crippen molar-refractivity contribution >= 4 is 17.8 Å². The second-order valence-electron chi connectivity index (χ2n) is 4.91. The molecule has 0 aliphatic rings. The van der Waals surface area contributed by atoms with Gasteiger partial charge in [0.1, 0.15) is 18.8 Å². The molecule has 0 fully saturated rings. The number of nitriles is 1. The van der Waals surface area contributed by atoms with Crippen molar-refractivity contribution in [3.63, 3.8) is 0 Å². The first-order valence-corrected chi connectivity index (χ1v) is 7.23. The van der Waals surface area contributed by atoms with Crippen molar-refractivity contribution in [3.8, 4) is 11.8 Å². The summed E-state index contributed by atoms with van der Waals surface area (Å²) in [5.41, 5.74) is 3.84. The van der Waals surface area contributed by atoms with Crippen LogP contribution >= 0.6 is 0 Å². The minimum Gasteiger partial charge on any atom is -0.489 e. The highest BCUT2D eigenvalue weighted by molar-refractivity contribution is 5.83. The lowest BCUT2D eigenvalue weighted by atomic mass is 10.2. The Morgan fingerprint density at radius 1 is 1.24 bits per heavy atom. The van der Waals surface area contributed by atoms with Gasteiger partial charge in [-0.2, -0.15) is 10.4 Å². The first-order valence-electron chi connectivity index (χ1n) is 7.23. The Morgan fingerprint density at radius 2 is 1.92 bits per heavy atom. The molecule has 0 radical (unpaired) electrons. The lowest BCUT2D eigenvalue weighted by molar-refractivity contribution is -0.384. The van der Waals surface area contributed by atoms with E-state index in [1.54, 1.807) is 42.5 Å². The van der Waals surface area contributed by atoms with Crippen LogP contribution in [0.25, 0.3) is 0 Å². The molecular formula is C17H14N4O4. The normalized spacial score (nSPS) is 10.2. The van der Waals surface area contributed by atoms with E-state index < -0.39 is 10.8 Å². The van der Waals surface area contributed by atoms with Crippen LogP contribution in [0.3, 0.4) is 0 Å². The van der Waals surface area contributed by atoms with Gasteiger partial charge in [-0.05, 0) is 47.5 Å². The largest absolute Gasteiger partial charge is 0.489 e. The molecule has 8 nitrogen and oxygen atoms in total. The van der Waals surface area contributed by atoms with Gasteiger partial charge in [0.2, 0.25) is 0 Å². The summed E-state index contributed by atoms with van der Waals surface area (Å²) >= 11 is 0. The van der Waals surface area contributed by atoms with Crippen LogP contribution in [0, 0.1) is 21.4 Å². The van der Waals surface area contributed by atoms with Crippen LogP contribution in [-0.4, -0.2) is 17.0 Å². The van der Waals surface area contributed by atoms with E-state index in [9.17, 15) is 14.9 Å². The van der Waals surface area contributed by atoms with Gasteiger partial charge in [0.25, 0.3) is 11.6 Å². The number of hydrogen-bond acceptors (Lipinski definition) is 6. The van der Waals surface area contributed by atoms with Crippen LogP contribution in [0.15, 0.2) is 53.6 Å². The Labute approximate surface area is 143 Å². The quantitative estimate of drug-likeness (QED) is 0.473. The van der Waals surface area contributed by atoms with Crippen molar-refractivity contribution in [2.45, 2.75) is 13.0 Å². The molecule has 1 amide bonds. The van der Waals surface area contributed by atoms with Gasteiger partial charge in [-0.25, -0.2) is 5.43 Å². The number of amides is 1. The van der Waals surface area contributed by atoms with E-state index in [4.69, 9.17) is 10.00 Å². The predicted molar refractivity (Wildman–Crippen MR) is 89.8 cm³/mol. The number of rotatable bonds is 7. The van der Waals surface area contributed by atoms with Crippen LogP contribution in [0.5, 0.6) is 5.75 Å². The van der Waals surface area contributed by atoms with E-state index in [-0.39, 0.29) is 18.7 Å². The fraction of sp³-hybridized carbons (Fsp3) is 0.118. The summed E-state index contributed by atoms with van der Waals surface area (Å²) in [6.45, 7) is 0.287. The smallest absolute Gasteiger partial charge is 0.269 e. The van der Waals surface area contributed by atoms with E-state index in [0.717, 1.165) is 11.1 Å². The van der Waals surface area contributed by atoms with Gasteiger partial charge in [0, 0.05) is 12.1 Å². The molecule has 0 atom stereocenters. The maximum atomic E-state index is 11.1. The number of hydrogen-bond donors (Lipinski definition) is 1. The van der Waals surface area contributed by atoms with E-state index >= 15 is 0 Å². The van der Waals surface area contributed by atoms with Crippen LogP contribution in [0.4, 0.5) is 5.69 Å². The Bertz CT molecular complexity index is 808. The molecule has 126 valence electrons. The number of carbonyl (C=O) groups excluding carboxylic acids is 1. The summed E-state index contributed by atoms with van der Waals surface area (Å²) in [7, 11) is 0. The van der Waals surface area contributed by atoms with Crippen molar-refractivity contribution < 1.29 is 14.5 Å². The fourth-order valence-corrected chi connectivity index (χ4v) is 1.82. The van der Waals surface area contributed by atoms with Crippen molar-refractivity contribution in [1.82, 2.24) is 5.43 Å². The van der Waals surface area contributed by atoms with Gasteiger partial charge in [-0.1, -0.05) is 0 Å². The predicted octanol–water partition coefficient (Wildman–Crippen LogP) is 2.54. The van der Waals surface area contributed by atoms with Crippen molar-refractivity contribution in [3.05, 3.63) is 69.8 Å². The van der Waals surface area contributed by atoms with Gasteiger partial charge in [0.15, 0.2) is 0 Å². The number of carbonyl (C=O) groups is 1. The highest BCUT2D eigenvalue weighted by Gasteiger charge is 2.04. The molecule has 1 N–H and O–H groups in total. The molecule has 0 bridgehead atoms. The molecule has 2 aromatic rings. The highest BCUT2D eigenvalue weighted by Crippen LogP contribution is 2.16. The van der Waals surface area contributed by atoms with Crippen LogP contribution in [0.2, 0.25) is 0 Å². The number of ether oxygens (including phenoxy) is 1. The molecule has 0 aliphatic heterocycles. The van der Waals surface area contributed by atoms with Gasteiger partial charge in [0.05, 0.1) is 17.2 Å². The summed E-state index contributed by atoms with van der Waals surface area (Å²) in [4.78, 5) is 21.2. The number of nitro benzene ring substituents is 1. The standard InChI is InChI=1S/C17H14N4O4/c18-10-9-17(22)20-19-11-13-3-7-16(8-4-13)25-12-14-1-5-15(6-2-14)21(23)24/h1-8,11H,9,12H2,(H,20,22). The van der Waals surface area contributed by atoms with E-state index in [1.165, 1.54) is 18.3 Å². The van der Waals surface area contributed by atoms with Crippen molar-refractivity contribution in [2.75, 3.05) is 0 Å². The number of nitrogens with zero attached hydrogens (tertiary/aromatic N) is 3. The maximum Gasteiger partial charge on any atom is 0.269 e. The van der Waals surface area contributed by atoms with E-state index in [2.05, 4.69) is 10.5 Å². The zero-order chi connectivity index (χ0) is 18.1. The number of nitrogens with one attached hydrogen (secondary N) is 1. The number of non-ortho nitro benzene ring substituents is 1. The molecule has 2 rings (SSSR count). The summed E-state index contributed by atoms with van der Waals surface area (Å²) < 4.78 is 5.60. The summed E-state index contributed by atoms with van der Waals surface area (Å²) in [5, 5.41) is 22.7. The van der Waals surface area contributed by atoms with Crippen molar-refractivity contribution in [1.29, 1.82) is 5.26 Å². The molecular weight excluding hydrogens is 324 g/mol. The molecule has 0 aliphatic carbocycles. The first kappa shape index (κ1) is 17.6. The average molecular weight is 338 g/mol. The molecule has 2 aromatic carbocycles.